The minimum atomic E-state index is -0.867. The standard InChI is InChI=1S/C13H17N3O2S2/c1-6-7(2)20-11-9(6)10(14)15-8(16-11)5-19-13(3,4)12(17)18/h5H2,1-4H3,(H,17,18)(H2,14,15,16). The van der Waals surface area contributed by atoms with Gasteiger partial charge in [0.1, 0.15) is 21.2 Å². The highest BCUT2D eigenvalue weighted by molar-refractivity contribution is 8.00. The topological polar surface area (TPSA) is 89.1 Å². The predicted octanol–water partition coefficient (Wildman–Crippen LogP) is 2.99. The quantitative estimate of drug-likeness (QED) is 0.902. The maximum atomic E-state index is 11.1. The van der Waals surface area contributed by atoms with Gasteiger partial charge < -0.3 is 10.8 Å². The Bertz CT molecular complexity index is 680. The third-order valence-electron chi connectivity index (χ3n) is 3.18. The van der Waals surface area contributed by atoms with E-state index in [-0.39, 0.29) is 0 Å². The van der Waals surface area contributed by atoms with Crippen molar-refractivity contribution in [1.29, 1.82) is 0 Å². The summed E-state index contributed by atoms with van der Waals surface area (Å²) in [7, 11) is 0. The Morgan fingerprint density at radius 2 is 2.05 bits per heavy atom. The average Bonchev–Trinajstić information content (AvgIpc) is 2.63. The second-order valence-electron chi connectivity index (χ2n) is 5.09. The maximum absolute atomic E-state index is 11.1. The lowest BCUT2D eigenvalue weighted by Crippen LogP contribution is -2.27. The fourth-order valence-corrected chi connectivity index (χ4v) is 3.50. The number of fused-ring (bicyclic) bond motifs is 1. The molecular formula is C13H17N3O2S2. The molecule has 0 aliphatic carbocycles. The molecule has 7 heteroatoms. The fourth-order valence-electron chi connectivity index (χ4n) is 1.70. The van der Waals surface area contributed by atoms with Gasteiger partial charge in [0.05, 0.1) is 11.1 Å². The number of hydrogen-bond donors (Lipinski definition) is 2. The summed E-state index contributed by atoms with van der Waals surface area (Å²) < 4.78 is -0.867. The first-order chi connectivity index (χ1) is 9.22. The molecule has 0 aliphatic heterocycles. The van der Waals surface area contributed by atoms with Crippen molar-refractivity contribution in [2.45, 2.75) is 38.2 Å². The van der Waals surface area contributed by atoms with Gasteiger partial charge in [-0.2, -0.15) is 0 Å². The normalized spacial score (nSPS) is 12.0. The number of nitrogen functional groups attached to an aromatic ring is 1. The number of carboxylic acid groups (broad SMARTS) is 1. The van der Waals surface area contributed by atoms with Crippen molar-refractivity contribution in [2.24, 2.45) is 0 Å². The molecule has 0 bridgehead atoms. The lowest BCUT2D eigenvalue weighted by molar-refractivity contribution is -0.138. The van der Waals surface area contributed by atoms with Crippen molar-refractivity contribution in [3.8, 4) is 0 Å². The van der Waals surface area contributed by atoms with Gasteiger partial charge in [0, 0.05) is 4.88 Å². The van der Waals surface area contributed by atoms with Crippen LogP contribution in [0.1, 0.15) is 30.1 Å². The van der Waals surface area contributed by atoms with Crippen LogP contribution < -0.4 is 5.73 Å². The van der Waals surface area contributed by atoms with Crippen LogP contribution in [0.25, 0.3) is 10.2 Å². The fraction of sp³-hybridized carbons (Fsp3) is 0.462. The summed E-state index contributed by atoms with van der Waals surface area (Å²) in [5.74, 6) is 0.630. The highest BCUT2D eigenvalue weighted by Gasteiger charge is 2.28. The van der Waals surface area contributed by atoms with E-state index in [0.717, 1.165) is 15.8 Å². The van der Waals surface area contributed by atoms with Gasteiger partial charge in [0.2, 0.25) is 0 Å². The van der Waals surface area contributed by atoms with Gasteiger partial charge in [-0.05, 0) is 33.3 Å². The lowest BCUT2D eigenvalue weighted by Gasteiger charge is -2.17. The first kappa shape index (κ1) is 15.1. The number of thiophene rings is 1. The molecule has 2 aromatic rings. The van der Waals surface area contributed by atoms with E-state index in [4.69, 9.17) is 10.8 Å². The average molecular weight is 311 g/mol. The largest absolute Gasteiger partial charge is 0.480 e. The van der Waals surface area contributed by atoms with E-state index in [1.807, 2.05) is 13.8 Å². The van der Waals surface area contributed by atoms with Gasteiger partial charge in [0.25, 0.3) is 0 Å². The second kappa shape index (κ2) is 5.21. The van der Waals surface area contributed by atoms with Crippen molar-refractivity contribution < 1.29 is 9.90 Å². The van der Waals surface area contributed by atoms with Crippen molar-refractivity contribution in [2.75, 3.05) is 5.73 Å². The Hall–Kier alpha value is -1.34. The minimum Gasteiger partial charge on any atom is -0.480 e. The predicted molar refractivity (Wildman–Crippen MR) is 84.3 cm³/mol. The molecule has 2 rings (SSSR count). The van der Waals surface area contributed by atoms with E-state index in [2.05, 4.69) is 9.97 Å². The van der Waals surface area contributed by atoms with Gasteiger partial charge in [-0.15, -0.1) is 23.1 Å². The van der Waals surface area contributed by atoms with Crippen molar-refractivity contribution >= 4 is 45.1 Å². The molecule has 2 aromatic heterocycles. The van der Waals surface area contributed by atoms with E-state index in [1.165, 1.54) is 16.6 Å². The molecule has 20 heavy (non-hydrogen) atoms. The monoisotopic (exact) mass is 311 g/mol. The van der Waals surface area contributed by atoms with E-state index in [0.29, 0.717) is 17.4 Å². The zero-order chi connectivity index (χ0) is 15.1. The molecule has 0 spiro atoms. The summed E-state index contributed by atoms with van der Waals surface area (Å²) in [4.78, 5) is 21.9. The molecular weight excluding hydrogens is 294 g/mol. The van der Waals surface area contributed by atoms with Crippen molar-refractivity contribution in [3.05, 3.63) is 16.3 Å². The Kier molecular flexibility index (Phi) is 3.93. The number of anilines is 1. The zero-order valence-corrected chi connectivity index (χ0v) is 13.5. The number of nitrogens with zero attached hydrogens (tertiary/aromatic N) is 2. The van der Waals surface area contributed by atoms with Crippen LogP contribution in [0.4, 0.5) is 5.82 Å². The van der Waals surface area contributed by atoms with Crippen LogP contribution in [0, 0.1) is 13.8 Å². The summed E-state index contributed by atoms with van der Waals surface area (Å²) >= 11 is 2.88. The molecule has 0 saturated heterocycles. The van der Waals surface area contributed by atoms with Gasteiger partial charge in [-0.1, -0.05) is 0 Å². The van der Waals surface area contributed by atoms with Gasteiger partial charge in [-0.25, -0.2) is 9.97 Å². The third kappa shape index (κ3) is 2.73. The Morgan fingerprint density at radius 1 is 1.40 bits per heavy atom. The van der Waals surface area contributed by atoms with Crippen LogP contribution in [-0.2, 0) is 10.5 Å². The summed E-state index contributed by atoms with van der Waals surface area (Å²) in [6, 6.07) is 0. The molecule has 0 fully saturated rings. The highest BCUT2D eigenvalue weighted by atomic mass is 32.2. The molecule has 5 nitrogen and oxygen atoms in total. The van der Waals surface area contributed by atoms with Crippen LogP contribution >= 0.6 is 23.1 Å². The van der Waals surface area contributed by atoms with Crippen LogP contribution in [0.2, 0.25) is 0 Å². The summed E-state index contributed by atoms with van der Waals surface area (Å²) in [6.45, 7) is 7.38. The molecule has 108 valence electrons. The van der Waals surface area contributed by atoms with Gasteiger partial charge in [-0.3, -0.25) is 4.79 Å². The second-order valence-corrected chi connectivity index (χ2v) is 7.89. The Balaban J connectivity index is 2.31. The number of thioether (sulfide) groups is 1. The maximum Gasteiger partial charge on any atom is 0.319 e. The summed E-state index contributed by atoms with van der Waals surface area (Å²) in [5.41, 5.74) is 7.12. The number of carboxylic acids is 1. The van der Waals surface area contributed by atoms with Crippen LogP contribution in [0.15, 0.2) is 0 Å². The summed E-state index contributed by atoms with van der Waals surface area (Å²) in [6.07, 6.45) is 0. The number of nitrogens with two attached hydrogens (primary N) is 1. The van der Waals surface area contributed by atoms with E-state index < -0.39 is 10.7 Å². The molecule has 0 amide bonds. The lowest BCUT2D eigenvalue weighted by atomic mass is 10.2. The number of aromatic nitrogens is 2. The molecule has 0 aliphatic rings. The molecule has 2 heterocycles. The number of aryl methyl sites for hydroxylation is 2. The number of carbonyl (C=O) groups is 1. The Labute approximate surface area is 125 Å². The van der Waals surface area contributed by atoms with Crippen LogP contribution in [0.5, 0.6) is 0 Å². The molecule has 0 radical (unpaired) electrons. The first-order valence-electron chi connectivity index (χ1n) is 6.12. The molecule has 0 aromatic carbocycles. The van der Waals surface area contributed by atoms with Crippen LogP contribution in [0.3, 0.4) is 0 Å². The summed E-state index contributed by atoms with van der Waals surface area (Å²) in [5, 5.41) is 10.0. The zero-order valence-electron chi connectivity index (χ0n) is 11.9. The van der Waals surface area contributed by atoms with Crippen LogP contribution in [-0.4, -0.2) is 25.8 Å². The molecule has 0 saturated carbocycles. The van der Waals surface area contributed by atoms with E-state index in [1.54, 1.807) is 25.2 Å². The van der Waals surface area contributed by atoms with Crippen molar-refractivity contribution in [1.82, 2.24) is 9.97 Å². The smallest absolute Gasteiger partial charge is 0.319 e. The van der Waals surface area contributed by atoms with Gasteiger partial charge >= 0.3 is 5.97 Å². The number of aliphatic carboxylic acids is 1. The van der Waals surface area contributed by atoms with E-state index >= 15 is 0 Å². The number of hydrogen-bond acceptors (Lipinski definition) is 6. The highest BCUT2D eigenvalue weighted by Crippen LogP contribution is 2.33. The minimum absolute atomic E-state index is 0.426. The molecule has 0 atom stereocenters. The van der Waals surface area contributed by atoms with E-state index in [9.17, 15) is 4.79 Å². The Morgan fingerprint density at radius 3 is 2.65 bits per heavy atom. The van der Waals surface area contributed by atoms with Crippen molar-refractivity contribution in [3.63, 3.8) is 0 Å². The van der Waals surface area contributed by atoms with Gasteiger partial charge in [0.15, 0.2) is 0 Å². The third-order valence-corrected chi connectivity index (χ3v) is 5.58. The number of rotatable bonds is 4. The first-order valence-corrected chi connectivity index (χ1v) is 7.92. The molecule has 3 N–H and O–H groups in total. The molecule has 0 unspecified atom stereocenters. The SMILES string of the molecule is Cc1sc2nc(CSC(C)(C)C(=O)O)nc(N)c2c1C.